The SMILES string of the molecule is CCOc1ccccc1-c1ncc(C(=O)[O-])c(=O)[nH]1.[Na+]. The molecule has 0 aliphatic carbocycles. The molecule has 1 aromatic heterocycles. The first-order valence-corrected chi connectivity index (χ1v) is 5.66. The molecule has 1 N–H and O–H groups in total. The van der Waals surface area contributed by atoms with Gasteiger partial charge < -0.3 is 19.6 Å². The van der Waals surface area contributed by atoms with Crippen molar-refractivity contribution in [1.82, 2.24) is 9.97 Å². The maximum Gasteiger partial charge on any atom is 1.00 e. The van der Waals surface area contributed by atoms with Gasteiger partial charge in [-0.15, -0.1) is 0 Å². The molecule has 0 unspecified atom stereocenters. The summed E-state index contributed by atoms with van der Waals surface area (Å²) in [4.78, 5) is 28.5. The molecule has 2 aromatic rings. The Morgan fingerprint density at radius 2 is 2.10 bits per heavy atom. The average molecular weight is 282 g/mol. The van der Waals surface area contributed by atoms with Crippen LogP contribution >= 0.6 is 0 Å². The van der Waals surface area contributed by atoms with Gasteiger partial charge in [-0.25, -0.2) is 4.98 Å². The van der Waals surface area contributed by atoms with E-state index in [1.807, 2.05) is 6.92 Å². The molecule has 6 nitrogen and oxygen atoms in total. The van der Waals surface area contributed by atoms with Crippen molar-refractivity contribution < 1.29 is 44.2 Å². The summed E-state index contributed by atoms with van der Waals surface area (Å²) in [6.07, 6.45) is 0.978. The molecule has 1 aromatic carbocycles. The Morgan fingerprint density at radius 3 is 2.70 bits per heavy atom. The molecule has 0 aliphatic rings. The second-order valence-corrected chi connectivity index (χ2v) is 3.69. The van der Waals surface area contributed by atoms with Crippen LogP contribution in [0.5, 0.6) is 5.75 Å². The minimum atomic E-state index is -1.56. The summed E-state index contributed by atoms with van der Waals surface area (Å²) in [5.41, 5.74) is -0.666. The second-order valence-electron chi connectivity index (χ2n) is 3.69. The van der Waals surface area contributed by atoms with E-state index in [9.17, 15) is 14.7 Å². The summed E-state index contributed by atoms with van der Waals surface area (Å²) in [5, 5.41) is 10.6. The number of carboxylic acid groups (broad SMARTS) is 1. The maximum atomic E-state index is 11.6. The van der Waals surface area contributed by atoms with Crippen molar-refractivity contribution in [2.24, 2.45) is 0 Å². The van der Waals surface area contributed by atoms with Gasteiger partial charge in [-0.05, 0) is 19.1 Å². The molecule has 0 fully saturated rings. The normalized spacial score (nSPS) is 9.65. The molecule has 98 valence electrons. The van der Waals surface area contributed by atoms with Crippen molar-refractivity contribution in [1.29, 1.82) is 0 Å². The number of ether oxygens (including phenoxy) is 1. The Kier molecular flexibility index (Phi) is 5.94. The van der Waals surface area contributed by atoms with E-state index in [1.54, 1.807) is 24.3 Å². The van der Waals surface area contributed by atoms with Gasteiger partial charge in [-0.3, -0.25) is 4.79 Å². The summed E-state index contributed by atoms with van der Waals surface area (Å²) >= 11 is 0. The van der Waals surface area contributed by atoms with Crippen LogP contribution in [0, 0.1) is 0 Å². The third-order valence-electron chi connectivity index (χ3n) is 2.46. The number of carbonyl (C=O) groups excluding carboxylic acids is 1. The van der Waals surface area contributed by atoms with E-state index in [2.05, 4.69) is 9.97 Å². The van der Waals surface area contributed by atoms with Gasteiger partial charge in [0, 0.05) is 6.20 Å². The zero-order chi connectivity index (χ0) is 13.8. The van der Waals surface area contributed by atoms with Crippen molar-refractivity contribution in [3.63, 3.8) is 0 Å². The van der Waals surface area contributed by atoms with Crippen LogP contribution in [0.3, 0.4) is 0 Å². The molecule has 1 heterocycles. The van der Waals surface area contributed by atoms with E-state index >= 15 is 0 Å². The number of carbonyl (C=O) groups is 1. The van der Waals surface area contributed by atoms with Gasteiger partial charge in [-0.2, -0.15) is 0 Å². The monoisotopic (exact) mass is 282 g/mol. The van der Waals surface area contributed by atoms with Crippen LogP contribution in [0.4, 0.5) is 0 Å². The Morgan fingerprint density at radius 1 is 1.40 bits per heavy atom. The Balaban J connectivity index is 0.00000200. The third-order valence-corrected chi connectivity index (χ3v) is 2.46. The minimum Gasteiger partial charge on any atom is -0.545 e. The predicted molar refractivity (Wildman–Crippen MR) is 65.8 cm³/mol. The first-order valence-electron chi connectivity index (χ1n) is 5.66. The van der Waals surface area contributed by atoms with Crippen LogP contribution in [0.1, 0.15) is 17.3 Å². The molecular formula is C13H11N2NaO4. The Hall–Kier alpha value is -1.63. The molecule has 0 saturated carbocycles. The number of aromatic carboxylic acids is 1. The van der Waals surface area contributed by atoms with Crippen molar-refractivity contribution in [2.45, 2.75) is 6.92 Å². The van der Waals surface area contributed by atoms with E-state index < -0.39 is 17.1 Å². The Labute approximate surface area is 137 Å². The minimum absolute atomic E-state index is 0. The number of nitrogens with zero attached hydrogens (tertiary/aromatic N) is 1. The molecule has 2 rings (SSSR count). The largest absolute Gasteiger partial charge is 1.00 e. The zero-order valence-corrected chi connectivity index (χ0v) is 13.2. The molecule has 0 spiro atoms. The second kappa shape index (κ2) is 7.23. The number of hydrogen-bond donors (Lipinski definition) is 1. The van der Waals surface area contributed by atoms with E-state index in [0.29, 0.717) is 17.9 Å². The van der Waals surface area contributed by atoms with Crippen molar-refractivity contribution in [3.8, 4) is 17.1 Å². The van der Waals surface area contributed by atoms with E-state index in [-0.39, 0.29) is 35.4 Å². The van der Waals surface area contributed by atoms with Crippen LogP contribution in [-0.2, 0) is 0 Å². The van der Waals surface area contributed by atoms with Crippen LogP contribution in [0.2, 0.25) is 0 Å². The zero-order valence-electron chi connectivity index (χ0n) is 11.2. The van der Waals surface area contributed by atoms with E-state index in [1.165, 1.54) is 0 Å². The predicted octanol–water partition coefficient (Wildman–Crippen LogP) is -2.80. The van der Waals surface area contributed by atoms with Crippen LogP contribution in [0.25, 0.3) is 11.4 Å². The van der Waals surface area contributed by atoms with Gasteiger partial charge in [0.05, 0.1) is 23.7 Å². The Bertz CT molecular complexity index is 669. The smallest absolute Gasteiger partial charge is 0.545 e. The number of carboxylic acids is 1. The maximum absolute atomic E-state index is 11.6. The number of rotatable bonds is 4. The summed E-state index contributed by atoms with van der Waals surface area (Å²) in [6.45, 7) is 2.31. The molecule has 20 heavy (non-hydrogen) atoms. The molecule has 0 aliphatic heterocycles. The van der Waals surface area contributed by atoms with E-state index in [0.717, 1.165) is 6.20 Å². The van der Waals surface area contributed by atoms with Crippen LogP contribution in [0.15, 0.2) is 35.3 Å². The van der Waals surface area contributed by atoms with E-state index in [4.69, 9.17) is 4.74 Å². The number of nitrogens with one attached hydrogen (secondary N) is 1. The molecule has 0 saturated heterocycles. The summed E-state index contributed by atoms with van der Waals surface area (Å²) < 4.78 is 5.42. The summed E-state index contributed by atoms with van der Waals surface area (Å²) in [7, 11) is 0. The molecule has 0 radical (unpaired) electrons. The number of benzene rings is 1. The van der Waals surface area contributed by atoms with Gasteiger partial charge in [-0.1, -0.05) is 12.1 Å². The first-order chi connectivity index (χ1) is 9.13. The van der Waals surface area contributed by atoms with Gasteiger partial charge in [0.2, 0.25) is 0 Å². The van der Waals surface area contributed by atoms with Crippen LogP contribution < -0.4 is 45.0 Å². The summed E-state index contributed by atoms with van der Waals surface area (Å²) in [5.74, 6) is -0.744. The van der Waals surface area contributed by atoms with Gasteiger partial charge >= 0.3 is 29.6 Å². The number of aromatic amines is 1. The third kappa shape index (κ3) is 3.47. The number of H-pyrrole nitrogens is 1. The fourth-order valence-corrected chi connectivity index (χ4v) is 1.62. The van der Waals surface area contributed by atoms with Crippen molar-refractivity contribution >= 4 is 5.97 Å². The molecule has 7 heteroatoms. The fraction of sp³-hybridized carbons (Fsp3) is 0.154. The topological polar surface area (TPSA) is 95.1 Å². The molecular weight excluding hydrogens is 271 g/mol. The number of aromatic nitrogens is 2. The van der Waals surface area contributed by atoms with Gasteiger partial charge in [0.1, 0.15) is 11.6 Å². The average Bonchev–Trinajstić information content (AvgIpc) is 2.39. The number of hydrogen-bond acceptors (Lipinski definition) is 5. The molecule has 0 amide bonds. The number of para-hydroxylation sites is 1. The fourth-order valence-electron chi connectivity index (χ4n) is 1.62. The standard InChI is InChI=1S/C13H12N2O4.Na/c1-2-19-10-6-4-3-5-8(10)11-14-7-9(13(17)18)12(16)15-11;/h3-7H,2H2,1H3,(H,17,18)(H,14,15,16);/q;+1/p-1. The first kappa shape index (κ1) is 16.4. The molecule has 0 bridgehead atoms. The summed E-state index contributed by atoms with van der Waals surface area (Å²) in [6, 6.07) is 7.03. The van der Waals surface area contributed by atoms with Crippen LogP contribution in [-0.4, -0.2) is 22.5 Å². The van der Waals surface area contributed by atoms with Gasteiger partial charge in [0.25, 0.3) is 5.56 Å². The van der Waals surface area contributed by atoms with Gasteiger partial charge in [0.15, 0.2) is 0 Å². The van der Waals surface area contributed by atoms with Crippen molar-refractivity contribution in [2.75, 3.05) is 6.61 Å². The quantitative estimate of drug-likeness (QED) is 0.611. The molecule has 0 atom stereocenters. The van der Waals surface area contributed by atoms with Crippen molar-refractivity contribution in [3.05, 3.63) is 46.4 Å².